The monoisotopic (exact) mass is 462 g/mol. The smallest absolute Gasteiger partial charge is 0.421 e. The predicted molar refractivity (Wildman–Crippen MR) is 111 cm³/mol. The third kappa shape index (κ3) is 4.78. The van der Waals surface area contributed by atoms with Gasteiger partial charge in [0.15, 0.2) is 5.82 Å². The molecule has 1 saturated heterocycles. The molecule has 2 aromatic rings. The number of piperazine rings is 1. The summed E-state index contributed by atoms with van der Waals surface area (Å²) in [5.41, 5.74) is -2.15. The molecule has 2 N–H and O–H groups in total. The average Bonchev–Trinajstić information content (AvgIpc) is 2.78. The van der Waals surface area contributed by atoms with E-state index in [0.29, 0.717) is 37.1 Å². The van der Waals surface area contributed by atoms with Gasteiger partial charge in [0.25, 0.3) is 5.56 Å². The second kappa shape index (κ2) is 8.74. The van der Waals surface area contributed by atoms with E-state index in [1.54, 1.807) is 4.90 Å². The van der Waals surface area contributed by atoms with Gasteiger partial charge < -0.3 is 19.9 Å². The van der Waals surface area contributed by atoms with Gasteiger partial charge in [-0.3, -0.25) is 9.59 Å². The van der Waals surface area contributed by atoms with Gasteiger partial charge in [0.1, 0.15) is 17.4 Å². The Morgan fingerprint density at radius 3 is 2.82 bits per heavy atom. The van der Waals surface area contributed by atoms with Crippen LogP contribution in [0.5, 0.6) is 5.75 Å². The molecule has 2 atom stereocenters. The number of aromatic nitrogens is 2. The number of ether oxygens (including phenoxy) is 1. The van der Waals surface area contributed by atoms with Crippen molar-refractivity contribution in [3.05, 3.63) is 45.7 Å². The molecule has 1 fully saturated rings. The van der Waals surface area contributed by atoms with Crippen LogP contribution < -0.4 is 20.5 Å². The molecule has 1 aromatic carbocycles. The number of nitrogens with one attached hydrogen (secondary N) is 2. The van der Waals surface area contributed by atoms with Crippen LogP contribution in [0, 0.1) is 11.3 Å². The van der Waals surface area contributed by atoms with Crippen LogP contribution in [0.2, 0.25) is 0 Å². The molecule has 1 aromatic heterocycles. The zero-order chi connectivity index (χ0) is 23.8. The lowest BCUT2D eigenvalue weighted by Gasteiger charge is -2.37. The van der Waals surface area contributed by atoms with Gasteiger partial charge in [0, 0.05) is 31.7 Å². The average molecular weight is 462 g/mol. The molecule has 0 aliphatic carbocycles. The second-order valence-electron chi connectivity index (χ2n) is 8.01. The van der Waals surface area contributed by atoms with Crippen molar-refractivity contribution < 1.29 is 22.7 Å². The van der Waals surface area contributed by atoms with Crippen molar-refractivity contribution >= 4 is 17.4 Å². The Balaban J connectivity index is 1.67. The zero-order valence-electron chi connectivity index (χ0n) is 17.6. The molecular weight excluding hydrogens is 441 g/mol. The minimum Gasteiger partial charge on any atom is -0.486 e. The van der Waals surface area contributed by atoms with Gasteiger partial charge in [-0.2, -0.15) is 23.5 Å². The van der Waals surface area contributed by atoms with Crippen molar-refractivity contribution in [1.29, 1.82) is 5.26 Å². The van der Waals surface area contributed by atoms with Gasteiger partial charge in [0.2, 0.25) is 5.91 Å². The number of benzene rings is 1. The van der Waals surface area contributed by atoms with Crippen molar-refractivity contribution in [3.63, 3.8) is 0 Å². The first-order valence-electron chi connectivity index (χ1n) is 10.3. The van der Waals surface area contributed by atoms with Gasteiger partial charge in [-0.15, -0.1) is 0 Å². The summed E-state index contributed by atoms with van der Waals surface area (Å²) < 4.78 is 45.9. The van der Waals surface area contributed by atoms with Crippen molar-refractivity contribution in [1.82, 2.24) is 20.4 Å². The van der Waals surface area contributed by atoms with Gasteiger partial charge in [0.05, 0.1) is 30.3 Å². The predicted octanol–water partition coefficient (Wildman–Crippen LogP) is 1.77. The maximum atomic E-state index is 13.3. The molecular formula is C21H21F3N6O3. The van der Waals surface area contributed by atoms with Crippen LogP contribution in [0.15, 0.2) is 29.1 Å². The first kappa shape index (κ1) is 22.6. The highest BCUT2D eigenvalue weighted by Crippen LogP contribution is 2.39. The van der Waals surface area contributed by atoms with Crippen molar-refractivity contribution in [3.8, 4) is 11.8 Å². The molecule has 33 heavy (non-hydrogen) atoms. The molecule has 0 bridgehead atoms. The number of amides is 1. The van der Waals surface area contributed by atoms with Crippen LogP contribution in [-0.4, -0.2) is 59.3 Å². The number of rotatable bonds is 3. The van der Waals surface area contributed by atoms with E-state index >= 15 is 0 Å². The standard InChI is InChI=1S/C21H21F3N6O3/c1-12-10-29(5-4-26-12)19(31)7-14-11-30(16-6-13(9-25)2-3-17(16)33-14)18-8-15(21(22,23)24)20(32)28-27-18/h2-3,6,8,12,14,26H,4-5,7,10-11H2,1H3,(H,28,32)/t12-,14?/m1/s1. The van der Waals surface area contributed by atoms with E-state index in [1.807, 2.05) is 18.1 Å². The number of nitrogens with zero attached hydrogens (tertiary/aromatic N) is 4. The third-order valence-corrected chi connectivity index (χ3v) is 5.55. The number of aromatic amines is 1. The number of anilines is 2. The van der Waals surface area contributed by atoms with E-state index in [0.717, 1.165) is 0 Å². The van der Waals surface area contributed by atoms with Gasteiger partial charge in [-0.25, -0.2) is 5.10 Å². The van der Waals surface area contributed by atoms with E-state index in [-0.39, 0.29) is 36.3 Å². The number of nitriles is 1. The van der Waals surface area contributed by atoms with Crippen LogP contribution in [0.3, 0.4) is 0 Å². The van der Waals surface area contributed by atoms with Crippen LogP contribution in [0.1, 0.15) is 24.5 Å². The summed E-state index contributed by atoms with van der Waals surface area (Å²) >= 11 is 0. The molecule has 1 unspecified atom stereocenters. The minimum atomic E-state index is -4.87. The minimum absolute atomic E-state index is 0.00556. The number of H-pyrrole nitrogens is 1. The molecule has 3 heterocycles. The second-order valence-corrected chi connectivity index (χ2v) is 8.01. The summed E-state index contributed by atoms with van der Waals surface area (Å²) in [6, 6.07) is 7.30. The maximum Gasteiger partial charge on any atom is 0.421 e. The lowest BCUT2D eigenvalue weighted by Crippen LogP contribution is -2.52. The van der Waals surface area contributed by atoms with Crippen molar-refractivity contribution in [2.45, 2.75) is 31.7 Å². The summed E-state index contributed by atoms with van der Waals surface area (Å²) in [6.45, 7) is 3.75. The molecule has 0 radical (unpaired) electrons. The van der Waals surface area contributed by atoms with Gasteiger partial charge >= 0.3 is 6.18 Å². The lowest BCUT2D eigenvalue weighted by molar-refractivity contribution is -0.138. The van der Waals surface area contributed by atoms with Gasteiger partial charge in [-0.1, -0.05) is 0 Å². The summed E-state index contributed by atoms with van der Waals surface area (Å²) in [5.74, 6) is -0.00102. The van der Waals surface area contributed by atoms with Crippen LogP contribution >= 0.6 is 0 Å². The van der Waals surface area contributed by atoms with Crippen LogP contribution in [0.25, 0.3) is 0 Å². The molecule has 9 nitrogen and oxygen atoms in total. The van der Waals surface area contributed by atoms with Crippen molar-refractivity contribution in [2.24, 2.45) is 0 Å². The molecule has 174 valence electrons. The van der Waals surface area contributed by atoms with E-state index in [4.69, 9.17) is 4.74 Å². The molecule has 0 saturated carbocycles. The number of hydrogen-bond donors (Lipinski definition) is 2. The van der Waals surface area contributed by atoms with E-state index in [9.17, 15) is 28.0 Å². The summed E-state index contributed by atoms with van der Waals surface area (Å²) in [4.78, 5) is 27.7. The Kier molecular flexibility index (Phi) is 5.99. The van der Waals surface area contributed by atoms with Crippen molar-refractivity contribution in [2.75, 3.05) is 31.1 Å². The normalized spacial score (nSPS) is 20.6. The number of hydrogen-bond acceptors (Lipinski definition) is 7. The number of alkyl halides is 3. The number of carbonyl (C=O) groups is 1. The topological polar surface area (TPSA) is 114 Å². The maximum absolute atomic E-state index is 13.3. The third-order valence-electron chi connectivity index (χ3n) is 5.55. The summed E-state index contributed by atoms with van der Waals surface area (Å²) in [6.07, 6.45) is -5.53. The lowest BCUT2D eigenvalue weighted by atomic mass is 10.1. The molecule has 0 spiro atoms. The highest BCUT2D eigenvalue weighted by Gasteiger charge is 2.37. The fourth-order valence-electron chi connectivity index (χ4n) is 3.97. The Hall–Kier alpha value is -3.59. The summed E-state index contributed by atoms with van der Waals surface area (Å²) in [5, 5.41) is 18.2. The van der Waals surface area contributed by atoms with E-state index < -0.39 is 23.4 Å². The number of fused-ring (bicyclic) bond motifs is 1. The largest absolute Gasteiger partial charge is 0.486 e. The molecule has 12 heteroatoms. The fourth-order valence-corrected chi connectivity index (χ4v) is 3.97. The number of halogens is 3. The Labute approximate surface area is 186 Å². The quantitative estimate of drug-likeness (QED) is 0.715. The van der Waals surface area contributed by atoms with Crippen LogP contribution in [0.4, 0.5) is 24.7 Å². The first-order chi connectivity index (χ1) is 15.7. The Morgan fingerprint density at radius 1 is 1.33 bits per heavy atom. The highest BCUT2D eigenvalue weighted by atomic mass is 19.4. The first-order valence-corrected chi connectivity index (χ1v) is 10.3. The van der Waals surface area contributed by atoms with E-state index in [2.05, 4.69) is 10.4 Å². The number of carbonyl (C=O) groups excluding carboxylic acids is 1. The Bertz CT molecular complexity index is 1160. The van der Waals surface area contributed by atoms with Gasteiger partial charge in [-0.05, 0) is 25.1 Å². The highest BCUT2D eigenvalue weighted by molar-refractivity contribution is 5.78. The molecule has 1 amide bonds. The van der Waals surface area contributed by atoms with E-state index in [1.165, 1.54) is 23.1 Å². The zero-order valence-corrected chi connectivity index (χ0v) is 17.6. The summed E-state index contributed by atoms with van der Waals surface area (Å²) in [7, 11) is 0. The fraction of sp³-hybridized carbons (Fsp3) is 0.429. The Morgan fingerprint density at radius 2 is 2.12 bits per heavy atom. The SMILES string of the molecule is C[C@@H]1CN(C(=O)CC2CN(c3cc(C(F)(F)F)c(=O)[nH]n3)c3cc(C#N)ccc3O2)CCN1. The molecule has 2 aliphatic rings. The molecule has 2 aliphatic heterocycles. The molecule has 4 rings (SSSR count). The van der Waals surface area contributed by atoms with Crippen LogP contribution in [-0.2, 0) is 11.0 Å².